The van der Waals surface area contributed by atoms with E-state index in [1.807, 2.05) is 0 Å². The first-order chi connectivity index (χ1) is 13.4. The van der Waals surface area contributed by atoms with Crippen LogP contribution >= 0.6 is 11.6 Å². The first kappa shape index (κ1) is 20.5. The largest absolute Gasteiger partial charge is 0.479 e. The number of hydrogen-bond acceptors (Lipinski definition) is 5. The monoisotopic (exact) mass is 400 g/mol. The number of nitrogens with zero attached hydrogens (tertiary/aromatic N) is 2. The second-order valence-corrected chi connectivity index (χ2v) is 7.91. The number of piperazine rings is 1. The number of hydrogen-bond donors (Lipinski definition) is 0. The number of ether oxygens (including phenoxy) is 1. The molecule has 2 aromatic carbocycles. The van der Waals surface area contributed by atoms with Gasteiger partial charge in [-0.2, -0.15) is 0 Å². The Hall–Kier alpha value is -2.21. The van der Waals surface area contributed by atoms with Gasteiger partial charge in [0, 0.05) is 48.9 Å². The van der Waals surface area contributed by atoms with Gasteiger partial charge >= 0.3 is 0 Å². The van der Waals surface area contributed by atoms with Crippen molar-refractivity contribution < 1.29 is 14.3 Å². The summed E-state index contributed by atoms with van der Waals surface area (Å²) in [6.07, 6.45) is 0.859. The molecule has 1 aliphatic heterocycles. The van der Waals surface area contributed by atoms with Crippen molar-refractivity contribution >= 4 is 23.7 Å². The quantitative estimate of drug-likeness (QED) is 0.528. The van der Waals surface area contributed by atoms with Crippen LogP contribution in [0.2, 0.25) is 5.02 Å². The third-order valence-electron chi connectivity index (χ3n) is 4.96. The van der Waals surface area contributed by atoms with Crippen LogP contribution < -0.4 is 4.74 Å². The molecule has 0 radical (unpaired) electrons. The molecule has 6 heteroatoms. The lowest BCUT2D eigenvalue weighted by molar-refractivity contribution is -0.122. The summed E-state index contributed by atoms with van der Waals surface area (Å²) in [7, 11) is 2.10. The SMILES string of the molecule is CN1CCN(C[C@@](C)(C=O)Oc2ccc(C(=O)c3ccc(Cl)cc3)cc2)CC1. The summed E-state index contributed by atoms with van der Waals surface area (Å²) in [6.45, 7) is 6.13. The van der Waals surface area contributed by atoms with Crippen LogP contribution in [0.4, 0.5) is 0 Å². The molecule has 0 unspecified atom stereocenters. The zero-order valence-electron chi connectivity index (χ0n) is 16.2. The average molecular weight is 401 g/mol. The summed E-state index contributed by atoms with van der Waals surface area (Å²) in [5.41, 5.74) is 0.199. The van der Waals surface area contributed by atoms with E-state index in [1.54, 1.807) is 55.5 Å². The third-order valence-corrected chi connectivity index (χ3v) is 5.21. The van der Waals surface area contributed by atoms with Crippen LogP contribution in [-0.2, 0) is 4.79 Å². The van der Waals surface area contributed by atoms with Crippen LogP contribution in [0.25, 0.3) is 0 Å². The van der Waals surface area contributed by atoms with Crippen molar-refractivity contribution in [3.05, 3.63) is 64.7 Å². The van der Waals surface area contributed by atoms with Crippen LogP contribution in [0.3, 0.4) is 0 Å². The number of carbonyl (C=O) groups is 2. The Kier molecular flexibility index (Phi) is 6.50. The van der Waals surface area contributed by atoms with Crippen LogP contribution in [0, 0.1) is 0 Å². The van der Waals surface area contributed by atoms with Crippen molar-refractivity contribution in [1.82, 2.24) is 9.80 Å². The molecule has 3 rings (SSSR count). The fraction of sp³-hybridized carbons (Fsp3) is 0.364. The van der Waals surface area contributed by atoms with E-state index in [0.717, 1.165) is 32.5 Å². The van der Waals surface area contributed by atoms with Gasteiger partial charge in [0.1, 0.15) is 5.75 Å². The highest BCUT2D eigenvalue weighted by atomic mass is 35.5. The third kappa shape index (κ3) is 5.19. The second kappa shape index (κ2) is 8.86. The maximum atomic E-state index is 12.5. The van der Waals surface area contributed by atoms with Crippen molar-refractivity contribution in [2.45, 2.75) is 12.5 Å². The predicted molar refractivity (Wildman–Crippen MR) is 110 cm³/mol. The maximum Gasteiger partial charge on any atom is 0.193 e. The van der Waals surface area contributed by atoms with Crippen molar-refractivity contribution in [3.63, 3.8) is 0 Å². The Morgan fingerprint density at radius 2 is 1.57 bits per heavy atom. The fourth-order valence-electron chi connectivity index (χ4n) is 3.26. The van der Waals surface area contributed by atoms with E-state index < -0.39 is 5.60 Å². The molecule has 1 aliphatic rings. The molecule has 0 bridgehead atoms. The van der Waals surface area contributed by atoms with Crippen molar-refractivity contribution in [2.24, 2.45) is 0 Å². The topological polar surface area (TPSA) is 49.9 Å². The molecule has 28 heavy (non-hydrogen) atoms. The molecule has 1 fully saturated rings. The smallest absolute Gasteiger partial charge is 0.193 e. The molecule has 148 valence electrons. The fourth-order valence-corrected chi connectivity index (χ4v) is 3.38. The second-order valence-electron chi connectivity index (χ2n) is 7.47. The predicted octanol–water partition coefficient (Wildman–Crippen LogP) is 3.15. The van der Waals surface area contributed by atoms with E-state index >= 15 is 0 Å². The Balaban J connectivity index is 1.65. The molecule has 1 atom stereocenters. The Bertz CT molecular complexity index is 815. The van der Waals surface area contributed by atoms with Gasteiger partial charge < -0.3 is 9.64 Å². The van der Waals surface area contributed by atoms with Crippen LogP contribution in [-0.4, -0.2) is 67.2 Å². The highest BCUT2D eigenvalue weighted by molar-refractivity contribution is 6.30. The lowest BCUT2D eigenvalue weighted by atomic mass is 10.0. The average Bonchev–Trinajstić information content (AvgIpc) is 2.70. The first-order valence-corrected chi connectivity index (χ1v) is 9.73. The zero-order chi connectivity index (χ0) is 20.1. The minimum atomic E-state index is -0.933. The molecule has 0 saturated carbocycles. The van der Waals surface area contributed by atoms with E-state index in [0.29, 0.717) is 28.4 Å². The number of benzene rings is 2. The number of aldehydes is 1. The van der Waals surface area contributed by atoms with Crippen molar-refractivity contribution in [1.29, 1.82) is 0 Å². The van der Waals surface area contributed by atoms with E-state index in [4.69, 9.17) is 16.3 Å². The standard InChI is InChI=1S/C22H25ClN2O3/c1-22(16-26,15-25-13-11-24(2)12-14-25)28-20-9-5-18(6-10-20)21(27)17-3-7-19(23)8-4-17/h3-10,16H,11-15H2,1-2H3/t22-/m0/s1. The lowest BCUT2D eigenvalue weighted by Gasteiger charge is -2.37. The molecule has 0 N–H and O–H groups in total. The zero-order valence-corrected chi connectivity index (χ0v) is 17.0. The number of halogens is 1. The summed E-state index contributed by atoms with van der Waals surface area (Å²) in [5, 5.41) is 0.591. The van der Waals surface area contributed by atoms with E-state index in [1.165, 1.54) is 0 Å². The molecular weight excluding hydrogens is 376 g/mol. The van der Waals surface area contributed by atoms with Gasteiger partial charge in [-0.3, -0.25) is 14.5 Å². The molecule has 0 aliphatic carbocycles. The van der Waals surface area contributed by atoms with Crippen LogP contribution in [0.15, 0.2) is 48.5 Å². The highest BCUT2D eigenvalue weighted by Gasteiger charge is 2.30. The molecule has 0 amide bonds. The minimum Gasteiger partial charge on any atom is -0.479 e. The number of rotatable bonds is 7. The molecular formula is C22H25ClN2O3. The van der Waals surface area contributed by atoms with Gasteiger partial charge in [-0.1, -0.05) is 11.6 Å². The Morgan fingerprint density at radius 1 is 1.04 bits per heavy atom. The van der Waals surface area contributed by atoms with E-state index in [-0.39, 0.29) is 5.78 Å². The number of likely N-dealkylation sites (N-methyl/N-ethyl adjacent to an activating group) is 1. The van der Waals surface area contributed by atoms with E-state index in [2.05, 4.69) is 16.8 Å². The summed E-state index contributed by atoms with van der Waals surface area (Å²) in [4.78, 5) is 28.8. The van der Waals surface area contributed by atoms with Gasteiger partial charge in [0.05, 0.1) is 0 Å². The molecule has 1 heterocycles. The summed E-state index contributed by atoms with van der Waals surface area (Å²) in [6, 6.07) is 13.7. The summed E-state index contributed by atoms with van der Waals surface area (Å²) < 4.78 is 5.98. The number of carbonyl (C=O) groups excluding carboxylic acids is 2. The minimum absolute atomic E-state index is 0.0844. The van der Waals surface area contributed by atoms with Gasteiger partial charge in [-0.25, -0.2) is 0 Å². The molecule has 1 saturated heterocycles. The molecule has 0 aromatic heterocycles. The number of ketones is 1. The Morgan fingerprint density at radius 3 is 2.11 bits per heavy atom. The van der Waals surface area contributed by atoms with Crippen LogP contribution in [0.5, 0.6) is 5.75 Å². The van der Waals surface area contributed by atoms with Crippen molar-refractivity contribution in [2.75, 3.05) is 39.8 Å². The maximum absolute atomic E-state index is 12.5. The van der Waals surface area contributed by atoms with Gasteiger partial charge in [-0.15, -0.1) is 0 Å². The van der Waals surface area contributed by atoms with Gasteiger partial charge in [0.2, 0.25) is 0 Å². The molecule has 5 nitrogen and oxygen atoms in total. The van der Waals surface area contributed by atoms with E-state index in [9.17, 15) is 9.59 Å². The van der Waals surface area contributed by atoms with Gasteiger partial charge in [0.15, 0.2) is 17.7 Å². The molecule has 0 spiro atoms. The van der Waals surface area contributed by atoms with Gasteiger partial charge in [0.25, 0.3) is 0 Å². The van der Waals surface area contributed by atoms with Gasteiger partial charge in [-0.05, 0) is 62.5 Å². The summed E-state index contributed by atoms with van der Waals surface area (Å²) in [5.74, 6) is 0.482. The Labute approximate surface area is 170 Å². The normalized spacial score (nSPS) is 17.7. The summed E-state index contributed by atoms with van der Waals surface area (Å²) >= 11 is 5.87. The first-order valence-electron chi connectivity index (χ1n) is 9.35. The lowest BCUT2D eigenvalue weighted by Crippen LogP contribution is -2.52. The van der Waals surface area contributed by atoms with Crippen LogP contribution in [0.1, 0.15) is 22.8 Å². The van der Waals surface area contributed by atoms with Crippen molar-refractivity contribution in [3.8, 4) is 5.75 Å². The molecule has 2 aromatic rings. The highest BCUT2D eigenvalue weighted by Crippen LogP contribution is 2.21.